The number of hydrogen-bond donors (Lipinski definition) is 0. The summed E-state index contributed by atoms with van der Waals surface area (Å²) in [4.78, 5) is 4.05. The normalized spacial score (nSPS) is 18.4. The van der Waals surface area contributed by atoms with Crippen LogP contribution in [0.2, 0.25) is 0 Å². The van der Waals surface area contributed by atoms with E-state index in [0.29, 0.717) is 17.7 Å². The van der Waals surface area contributed by atoms with Gasteiger partial charge in [-0.25, -0.2) is 12.8 Å². The molecule has 0 spiro atoms. The maximum atomic E-state index is 13.6. The van der Waals surface area contributed by atoms with Crippen LogP contribution < -0.4 is 0 Å². The molecule has 3 rings (SSSR count). The van der Waals surface area contributed by atoms with Crippen LogP contribution in [0.15, 0.2) is 22.7 Å². The van der Waals surface area contributed by atoms with Gasteiger partial charge in [-0.05, 0) is 31.4 Å². The molecule has 0 bridgehead atoms. The summed E-state index contributed by atoms with van der Waals surface area (Å²) in [6, 6.07) is 4.56. The zero-order valence-electron chi connectivity index (χ0n) is 12.7. The molecule has 0 radical (unpaired) electrons. The minimum atomic E-state index is -3.40. The van der Waals surface area contributed by atoms with Crippen LogP contribution in [0.3, 0.4) is 0 Å². The summed E-state index contributed by atoms with van der Waals surface area (Å²) in [5.41, 5.74) is 0.955. The summed E-state index contributed by atoms with van der Waals surface area (Å²) in [6.45, 7) is 2.25. The number of rotatable bonds is 5. The van der Waals surface area contributed by atoms with Crippen molar-refractivity contribution in [3.05, 3.63) is 35.5 Å². The van der Waals surface area contributed by atoms with E-state index >= 15 is 0 Å². The highest BCUT2D eigenvalue weighted by Crippen LogP contribution is 2.20. The van der Waals surface area contributed by atoms with Crippen molar-refractivity contribution in [3.63, 3.8) is 0 Å². The maximum Gasteiger partial charge on any atom is 0.242 e. The van der Waals surface area contributed by atoms with E-state index in [-0.39, 0.29) is 35.1 Å². The van der Waals surface area contributed by atoms with E-state index in [1.54, 1.807) is 19.1 Å². The van der Waals surface area contributed by atoms with Gasteiger partial charge in [0.1, 0.15) is 11.6 Å². The third-order valence-corrected chi connectivity index (χ3v) is 5.27. The molecule has 23 heavy (non-hydrogen) atoms. The third kappa shape index (κ3) is 3.94. The van der Waals surface area contributed by atoms with Gasteiger partial charge in [0, 0.05) is 12.2 Å². The molecule has 1 fully saturated rings. The van der Waals surface area contributed by atoms with E-state index in [9.17, 15) is 12.8 Å². The van der Waals surface area contributed by atoms with Gasteiger partial charge in [0.05, 0.1) is 11.9 Å². The second-order valence-electron chi connectivity index (χ2n) is 5.67. The van der Waals surface area contributed by atoms with Crippen molar-refractivity contribution in [2.24, 2.45) is 0 Å². The van der Waals surface area contributed by atoms with E-state index in [4.69, 9.17) is 9.26 Å². The highest BCUT2D eigenvalue weighted by Gasteiger charge is 2.25. The Balaban J connectivity index is 1.72. The van der Waals surface area contributed by atoms with Crippen LogP contribution in [0.1, 0.15) is 24.3 Å². The first-order valence-corrected chi connectivity index (χ1v) is 9.16. The Morgan fingerprint density at radius 2 is 2.22 bits per heavy atom. The molecule has 0 N–H and O–H groups in total. The molecule has 1 aliphatic heterocycles. The van der Waals surface area contributed by atoms with Gasteiger partial charge in [0.15, 0.2) is 9.84 Å². The van der Waals surface area contributed by atoms with Crippen LogP contribution in [-0.4, -0.2) is 37.0 Å². The summed E-state index contributed by atoms with van der Waals surface area (Å²) in [5, 5.41) is 3.72. The second kappa shape index (κ2) is 6.37. The molecule has 0 aliphatic carbocycles. The van der Waals surface area contributed by atoms with E-state index in [2.05, 4.69) is 10.1 Å². The Hall–Kier alpha value is -1.80. The number of aromatic nitrogens is 2. The predicted octanol–water partition coefficient (Wildman–Crippen LogP) is 2.28. The molecule has 0 saturated carbocycles. The molecule has 124 valence electrons. The van der Waals surface area contributed by atoms with Crippen LogP contribution in [0.4, 0.5) is 4.39 Å². The first-order chi connectivity index (χ1) is 10.9. The molecule has 1 aromatic heterocycles. The molecule has 1 aliphatic rings. The Morgan fingerprint density at radius 3 is 2.91 bits per heavy atom. The third-order valence-electron chi connectivity index (χ3n) is 3.71. The van der Waals surface area contributed by atoms with Gasteiger partial charge in [-0.2, -0.15) is 4.98 Å². The number of aryl methyl sites for hydroxylation is 1. The molecule has 2 aromatic rings. The average Bonchev–Trinajstić information content (AvgIpc) is 3.13. The minimum Gasteiger partial charge on any atom is -0.377 e. The lowest BCUT2D eigenvalue weighted by molar-refractivity contribution is 0.127. The van der Waals surface area contributed by atoms with Gasteiger partial charge in [-0.15, -0.1) is 0 Å². The molecular weight excluding hydrogens is 323 g/mol. The Bertz CT molecular complexity index is 798. The highest BCUT2D eigenvalue weighted by atomic mass is 32.2. The van der Waals surface area contributed by atoms with Crippen molar-refractivity contribution in [1.82, 2.24) is 10.1 Å². The smallest absolute Gasteiger partial charge is 0.242 e. The number of hydrogen-bond acceptors (Lipinski definition) is 6. The Kier molecular flexibility index (Phi) is 4.45. The first-order valence-electron chi connectivity index (χ1n) is 7.34. The molecular formula is C15H17FN2O4S. The van der Waals surface area contributed by atoms with Gasteiger partial charge in [-0.3, -0.25) is 0 Å². The minimum absolute atomic E-state index is 0.000944. The number of sulfone groups is 1. The summed E-state index contributed by atoms with van der Waals surface area (Å²) in [6.07, 6.45) is 1.37. The van der Waals surface area contributed by atoms with E-state index in [1.807, 2.05) is 0 Å². The van der Waals surface area contributed by atoms with Crippen LogP contribution in [-0.2, 0) is 20.3 Å². The van der Waals surface area contributed by atoms with Gasteiger partial charge >= 0.3 is 0 Å². The summed E-state index contributed by atoms with van der Waals surface area (Å²) in [7, 11) is -3.40. The zero-order valence-corrected chi connectivity index (χ0v) is 13.5. The standard InChI is InChI=1S/C15H17FN2O4S/c1-10-4-5-11(7-13(10)16)15-17-14(22-18-15)9-23(19,20)8-12-3-2-6-21-12/h4-5,7,12H,2-3,6,8-9H2,1H3/t12-/m0/s1. The number of benzene rings is 1. The van der Waals surface area contributed by atoms with Crippen molar-refractivity contribution in [1.29, 1.82) is 0 Å². The fraction of sp³-hybridized carbons (Fsp3) is 0.467. The number of halogens is 1. The molecule has 0 amide bonds. The lowest BCUT2D eigenvalue weighted by Crippen LogP contribution is -2.21. The number of nitrogens with zero attached hydrogens (tertiary/aromatic N) is 2. The molecule has 0 unspecified atom stereocenters. The van der Waals surface area contributed by atoms with Crippen molar-refractivity contribution < 1.29 is 22.1 Å². The van der Waals surface area contributed by atoms with Crippen molar-refractivity contribution in [2.45, 2.75) is 31.6 Å². The molecule has 2 heterocycles. The van der Waals surface area contributed by atoms with Gasteiger partial charge < -0.3 is 9.26 Å². The van der Waals surface area contributed by atoms with Gasteiger partial charge in [0.2, 0.25) is 11.7 Å². The van der Waals surface area contributed by atoms with Crippen molar-refractivity contribution in [2.75, 3.05) is 12.4 Å². The van der Waals surface area contributed by atoms with E-state index in [1.165, 1.54) is 6.07 Å². The zero-order chi connectivity index (χ0) is 16.4. The Morgan fingerprint density at radius 1 is 1.39 bits per heavy atom. The van der Waals surface area contributed by atoms with Gasteiger partial charge in [0.25, 0.3) is 0 Å². The lowest BCUT2D eigenvalue weighted by atomic mass is 10.1. The monoisotopic (exact) mass is 340 g/mol. The fourth-order valence-electron chi connectivity index (χ4n) is 2.47. The van der Waals surface area contributed by atoms with Gasteiger partial charge in [-0.1, -0.05) is 17.3 Å². The van der Waals surface area contributed by atoms with Crippen LogP contribution in [0.5, 0.6) is 0 Å². The summed E-state index contributed by atoms with van der Waals surface area (Å²) >= 11 is 0. The average molecular weight is 340 g/mol. The molecule has 6 nitrogen and oxygen atoms in total. The molecule has 8 heteroatoms. The van der Waals surface area contributed by atoms with E-state index in [0.717, 1.165) is 12.8 Å². The van der Waals surface area contributed by atoms with Crippen molar-refractivity contribution >= 4 is 9.84 Å². The second-order valence-corrected chi connectivity index (χ2v) is 7.77. The molecule has 1 atom stereocenters. The highest BCUT2D eigenvalue weighted by molar-refractivity contribution is 7.90. The summed E-state index contributed by atoms with van der Waals surface area (Å²) < 4.78 is 48.2. The largest absolute Gasteiger partial charge is 0.377 e. The predicted molar refractivity (Wildman–Crippen MR) is 80.9 cm³/mol. The van der Waals surface area contributed by atoms with Crippen LogP contribution >= 0.6 is 0 Å². The Labute approximate surface area is 133 Å². The van der Waals surface area contributed by atoms with Crippen LogP contribution in [0, 0.1) is 12.7 Å². The summed E-state index contributed by atoms with van der Waals surface area (Å²) in [5.74, 6) is -0.594. The fourth-order valence-corrected chi connectivity index (χ4v) is 3.91. The number of ether oxygens (including phenoxy) is 1. The van der Waals surface area contributed by atoms with Crippen molar-refractivity contribution in [3.8, 4) is 11.4 Å². The molecule has 1 saturated heterocycles. The SMILES string of the molecule is Cc1ccc(-c2noc(CS(=O)(=O)C[C@@H]3CCCO3)n2)cc1F. The van der Waals surface area contributed by atoms with Crippen LogP contribution in [0.25, 0.3) is 11.4 Å². The first kappa shape index (κ1) is 16.1. The quantitative estimate of drug-likeness (QED) is 0.830. The lowest BCUT2D eigenvalue weighted by Gasteiger charge is -2.08. The van der Waals surface area contributed by atoms with E-state index < -0.39 is 9.84 Å². The molecule has 1 aromatic carbocycles. The maximum absolute atomic E-state index is 13.6. The topological polar surface area (TPSA) is 82.3 Å².